The minimum absolute atomic E-state index is 0.200. The van der Waals surface area contributed by atoms with Crippen molar-refractivity contribution in [1.29, 1.82) is 0 Å². The van der Waals surface area contributed by atoms with Gasteiger partial charge in [0.05, 0.1) is 25.5 Å². The Bertz CT molecular complexity index is 1160. The molecule has 0 bridgehead atoms. The van der Waals surface area contributed by atoms with Gasteiger partial charge in [-0.2, -0.15) is 14.9 Å². The molecule has 0 saturated carbocycles. The lowest BCUT2D eigenvalue weighted by atomic mass is 10.1. The number of aromatic amines is 1. The highest BCUT2D eigenvalue weighted by molar-refractivity contribution is 5.62. The summed E-state index contributed by atoms with van der Waals surface area (Å²) in [7, 11) is 1.47. The molecule has 28 heavy (non-hydrogen) atoms. The van der Waals surface area contributed by atoms with Crippen LogP contribution in [0, 0.1) is 12.7 Å². The van der Waals surface area contributed by atoms with Gasteiger partial charge in [-0.15, -0.1) is 0 Å². The molecule has 2 aromatic heterocycles. The van der Waals surface area contributed by atoms with Crippen molar-refractivity contribution < 1.29 is 9.13 Å². The van der Waals surface area contributed by atoms with Crippen molar-refractivity contribution in [3.8, 4) is 22.6 Å². The summed E-state index contributed by atoms with van der Waals surface area (Å²) in [6.07, 6.45) is 3.53. The number of benzene rings is 2. The normalized spacial score (nSPS) is 11.0. The molecule has 0 aliphatic rings. The number of halogens is 1. The van der Waals surface area contributed by atoms with Crippen LogP contribution in [0.25, 0.3) is 16.8 Å². The van der Waals surface area contributed by atoms with Crippen LogP contribution in [-0.4, -0.2) is 31.7 Å². The second-order valence-electron chi connectivity index (χ2n) is 6.36. The lowest BCUT2D eigenvalue weighted by Gasteiger charge is -2.06. The van der Waals surface area contributed by atoms with Gasteiger partial charge in [0.15, 0.2) is 0 Å². The first-order valence-electron chi connectivity index (χ1n) is 8.64. The smallest absolute Gasteiger partial charge is 0.351 e. The Labute approximate surface area is 160 Å². The molecular formula is C20H18FN5O2. The number of H-pyrrole nitrogens is 1. The van der Waals surface area contributed by atoms with E-state index < -0.39 is 5.82 Å². The maximum atomic E-state index is 13.7. The summed E-state index contributed by atoms with van der Waals surface area (Å²) in [6, 6.07) is 11.8. The summed E-state index contributed by atoms with van der Waals surface area (Å²) in [5, 5.41) is 11.1. The molecule has 0 saturated heterocycles. The third-order valence-electron chi connectivity index (χ3n) is 4.50. The van der Waals surface area contributed by atoms with E-state index in [4.69, 9.17) is 4.74 Å². The number of nitrogens with zero attached hydrogens (tertiary/aromatic N) is 4. The van der Waals surface area contributed by atoms with E-state index in [9.17, 15) is 9.18 Å². The fraction of sp³-hybridized carbons (Fsp3) is 0.150. The van der Waals surface area contributed by atoms with Crippen molar-refractivity contribution in [2.24, 2.45) is 0 Å². The van der Waals surface area contributed by atoms with Crippen molar-refractivity contribution in [3.63, 3.8) is 0 Å². The molecule has 2 aromatic carbocycles. The zero-order chi connectivity index (χ0) is 19.7. The van der Waals surface area contributed by atoms with Crippen molar-refractivity contribution in [2.75, 3.05) is 7.11 Å². The predicted octanol–water partition coefficient (Wildman–Crippen LogP) is 2.93. The number of ether oxygens (including phenoxy) is 1. The second kappa shape index (κ2) is 7.15. The first kappa shape index (κ1) is 17.7. The summed E-state index contributed by atoms with van der Waals surface area (Å²) < 4.78 is 21.7. The molecule has 0 amide bonds. The molecule has 8 heteroatoms. The number of rotatable bonds is 5. The quantitative estimate of drug-likeness (QED) is 0.578. The molecule has 142 valence electrons. The van der Waals surface area contributed by atoms with Gasteiger partial charge in [0.1, 0.15) is 17.4 Å². The molecule has 0 atom stereocenters. The molecule has 7 nitrogen and oxygen atoms in total. The lowest BCUT2D eigenvalue weighted by molar-refractivity contribution is 0.410. The third kappa shape index (κ3) is 3.32. The number of nitrogens with one attached hydrogen (secondary N) is 1. The van der Waals surface area contributed by atoms with Crippen LogP contribution in [0.15, 0.2) is 59.7 Å². The average molecular weight is 379 g/mol. The Morgan fingerprint density at radius 3 is 2.61 bits per heavy atom. The first-order valence-corrected chi connectivity index (χ1v) is 8.64. The van der Waals surface area contributed by atoms with Gasteiger partial charge in [0.25, 0.3) is 0 Å². The zero-order valence-electron chi connectivity index (χ0n) is 15.4. The molecule has 0 aliphatic carbocycles. The van der Waals surface area contributed by atoms with Gasteiger partial charge in [-0.1, -0.05) is 12.1 Å². The van der Waals surface area contributed by atoms with Crippen molar-refractivity contribution >= 4 is 0 Å². The molecule has 0 fully saturated rings. The predicted molar refractivity (Wildman–Crippen MR) is 102 cm³/mol. The van der Waals surface area contributed by atoms with Gasteiger partial charge in [-0.3, -0.25) is 9.67 Å². The number of methoxy groups -OCH3 is 1. The highest BCUT2D eigenvalue weighted by atomic mass is 19.1. The fourth-order valence-corrected chi connectivity index (χ4v) is 3.06. The molecule has 0 spiro atoms. The highest BCUT2D eigenvalue weighted by Crippen LogP contribution is 2.19. The zero-order valence-corrected chi connectivity index (χ0v) is 15.4. The summed E-state index contributed by atoms with van der Waals surface area (Å²) in [5.74, 6) is 0.525. The van der Waals surface area contributed by atoms with E-state index in [1.54, 1.807) is 25.4 Å². The molecule has 2 heterocycles. The molecule has 0 radical (unpaired) electrons. The minimum Gasteiger partial charge on any atom is -0.497 e. The minimum atomic E-state index is -0.415. The number of hydrogen-bond acceptors (Lipinski definition) is 4. The van der Waals surface area contributed by atoms with E-state index in [0.717, 1.165) is 11.1 Å². The summed E-state index contributed by atoms with van der Waals surface area (Å²) >= 11 is 0. The van der Waals surface area contributed by atoms with Crippen LogP contribution >= 0.6 is 0 Å². The molecule has 1 N–H and O–H groups in total. The summed E-state index contributed by atoms with van der Waals surface area (Å²) in [5.41, 5.74) is 2.92. The van der Waals surface area contributed by atoms with E-state index in [1.165, 1.54) is 28.5 Å². The van der Waals surface area contributed by atoms with Gasteiger partial charge < -0.3 is 4.74 Å². The van der Waals surface area contributed by atoms with E-state index >= 15 is 0 Å². The number of aromatic nitrogens is 5. The number of hydrogen-bond donors (Lipinski definition) is 1. The van der Waals surface area contributed by atoms with Crippen molar-refractivity contribution in [1.82, 2.24) is 24.5 Å². The van der Waals surface area contributed by atoms with Crippen LogP contribution < -0.4 is 10.4 Å². The van der Waals surface area contributed by atoms with Gasteiger partial charge in [0, 0.05) is 17.8 Å². The molecule has 4 rings (SSSR count). The van der Waals surface area contributed by atoms with E-state index in [2.05, 4.69) is 15.3 Å². The van der Waals surface area contributed by atoms with Gasteiger partial charge >= 0.3 is 5.69 Å². The van der Waals surface area contributed by atoms with Crippen LogP contribution in [0.3, 0.4) is 0 Å². The Kier molecular flexibility index (Phi) is 4.52. The van der Waals surface area contributed by atoms with E-state index in [-0.39, 0.29) is 12.2 Å². The molecule has 0 unspecified atom stereocenters. The third-order valence-corrected chi connectivity index (χ3v) is 4.50. The standard InChI is InChI=1S/C20H18FN5O2/c1-13-24-26(18-5-3-15(4-6-18)16-10-22-23-11-16)20(27)25(13)12-14-7-17(21)9-19(8-14)28-2/h3-11H,12H2,1-2H3,(H,22,23). The van der Waals surface area contributed by atoms with E-state index in [1.807, 2.05) is 24.3 Å². The van der Waals surface area contributed by atoms with Gasteiger partial charge in [-0.25, -0.2) is 9.18 Å². The molecular weight excluding hydrogens is 361 g/mol. The second-order valence-corrected chi connectivity index (χ2v) is 6.36. The largest absolute Gasteiger partial charge is 0.497 e. The Balaban J connectivity index is 1.66. The summed E-state index contributed by atoms with van der Waals surface area (Å²) in [4.78, 5) is 12.9. The highest BCUT2D eigenvalue weighted by Gasteiger charge is 2.13. The number of aryl methyl sites for hydroxylation is 1. The van der Waals surface area contributed by atoms with Crippen LogP contribution in [0.5, 0.6) is 5.75 Å². The maximum absolute atomic E-state index is 13.7. The maximum Gasteiger partial charge on any atom is 0.351 e. The van der Waals surface area contributed by atoms with Gasteiger partial charge in [0.2, 0.25) is 0 Å². The Hall–Kier alpha value is -3.68. The topological polar surface area (TPSA) is 77.7 Å². The monoisotopic (exact) mass is 379 g/mol. The van der Waals surface area contributed by atoms with Crippen molar-refractivity contribution in [2.45, 2.75) is 13.5 Å². The average Bonchev–Trinajstić information content (AvgIpc) is 3.32. The van der Waals surface area contributed by atoms with Gasteiger partial charge in [-0.05, 0) is 42.3 Å². The first-order chi connectivity index (χ1) is 13.5. The van der Waals surface area contributed by atoms with E-state index in [0.29, 0.717) is 22.8 Å². The SMILES string of the molecule is COc1cc(F)cc(Cn2c(C)nn(-c3ccc(-c4cn[nH]c4)cc3)c2=O)c1. The van der Waals surface area contributed by atoms with Crippen LogP contribution in [0.1, 0.15) is 11.4 Å². The Morgan fingerprint density at radius 1 is 1.14 bits per heavy atom. The van der Waals surface area contributed by atoms with Crippen molar-refractivity contribution in [3.05, 3.63) is 82.5 Å². The fourth-order valence-electron chi connectivity index (χ4n) is 3.06. The Morgan fingerprint density at radius 2 is 1.93 bits per heavy atom. The van der Waals surface area contributed by atoms with Crippen LogP contribution in [-0.2, 0) is 6.54 Å². The molecule has 0 aliphatic heterocycles. The summed E-state index contributed by atoms with van der Waals surface area (Å²) in [6.45, 7) is 1.94. The lowest BCUT2D eigenvalue weighted by Crippen LogP contribution is -2.24. The van der Waals surface area contributed by atoms with Crippen LogP contribution in [0.4, 0.5) is 4.39 Å². The molecule has 4 aromatic rings. The van der Waals surface area contributed by atoms with Crippen LogP contribution in [0.2, 0.25) is 0 Å².